The largest absolute Gasteiger partial charge is 0.467 e. The van der Waals surface area contributed by atoms with Crippen molar-refractivity contribution >= 4 is 5.91 Å². The summed E-state index contributed by atoms with van der Waals surface area (Å²) in [6.45, 7) is 1.89. The molecular formula is C11H16N2O2. The van der Waals surface area contributed by atoms with Gasteiger partial charge in [-0.15, -0.1) is 0 Å². The molecule has 1 atom stereocenters. The Morgan fingerprint density at radius 3 is 2.87 bits per heavy atom. The predicted molar refractivity (Wildman–Crippen MR) is 56.0 cm³/mol. The van der Waals surface area contributed by atoms with Crippen LogP contribution in [0.15, 0.2) is 22.8 Å². The first-order valence-corrected chi connectivity index (χ1v) is 5.25. The van der Waals surface area contributed by atoms with Gasteiger partial charge < -0.3 is 15.5 Å². The molecule has 0 spiro atoms. The highest BCUT2D eigenvalue weighted by Crippen LogP contribution is 2.29. The van der Waals surface area contributed by atoms with E-state index in [-0.39, 0.29) is 11.9 Å². The number of hydrogen-bond donors (Lipinski definition) is 2. The van der Waals surface area contributed by atoms with Crippen molar-refractivity contribution < 1.29 is 9.21 Å². The summed E-state index contributed by atoms with van der Waals surface area (Å²) in [5.41, 5.74) is 5.27. The van der Waals surface area contributed by atoms with Gasteiger partial charge in [-0.25, -0.2) is 0 Å². The van der Waals surface area contributed by atoms with E-state index < -0.39 is 5.54 Å². The lowest BCUT2D eigenvalue weighted by Gasteiger charge is -2.36. The summed E-state index contributed by atoms with van der Waals surface area (Å²) in [5, 5.41) is 2.87. The molecule has 1 amide bonds. The van der Waals surface area contributed by atoms with E-state index in [0.29, 0.717) is 0 Å². The lowest BCUT2D eigenvalue weighted by atomic mass is 9.77. The van der Waals surface area contributed by atoms with E-state index in [4.69, 9.17) is 10.2 Å². The maximum Gasteiger partial charge on any atom is 0.240 e. The zero-order valence-electron chi connectivity index (χ0n) is 8.82. The minimum absolute atomic E-state index is 0.0716. The quantitative estimate of drug-likeness (QED) is 0.787. The topological polar surface area (TPSA) is 68.3 Å². The predicted octanol–water partition coefficient (Wildman–Crippen LogP) is 1.34. The van der Waals surface area contributed by atoms with Crippen molar-refractivity contribution in [2.75, 3.05) is 0 Å². The summed E-state index contributed by atoms with van der Waals surface area (Å²) in [7, 11) is 0. The average molecular weight is 208 g/mol. The maximum absolute atomic E-state index is 11.8. The van der Waals surface area contributed by atoms with Gasteiger partial charge in [-0.1, -0.05) is 0 Å². The van der Waals surface area contributed by atoms with Crippen LogP contribution in [0.25, 0.3) is 0 Å². The summed E-state index contributed by atoms with van der Waals surface area (Å²) in [6, 6.07) is 3.53. The summed E-state index contributed by atoms with van der Waals surface area (Å²) >= 11 is 0. The van der Waals surface area contributed by atoms with Gasteiger partial charge in [0, 0.05) is 0 Å². The van der Waals surface area contributed by atoms with Crippen molar-refractivity contribution in [3.8, 4) is 0 Å². The highest BCUT2D eigenvalue weighted by atomic mass is 16.3. The van der Waals surface area contributed by atoms with E-state index in [2.05, 4.69) is 5.32 Å². The molecule has 1 aromatic heterocycles. The smallest absolute Gasteiger partial charge is 0.240 e. The van der Waals surface area contributed by atoms with Crippen LogP contribution in [0.4, 0.5) is 0 Å². The molecule has 4 nitrogen and oxygen atoms in total. The fraction of sp³-hybridized carbons (Fsp3) is 0.545. The van der Waals surface area contributed by atoms with E-state index in [1.54, 1.807) is 12.3 Å². The molecular weight excluding hydrogens is 192 g/mol. The van der Waals surface area contributed by atoms with Crippen molar-refractivity contribution in [2.24, 2.45) is 5.73 Å². The Morgan fingerprint density at radius 2 is 2.40 bits per heavy atom. The Morgan fingerprint density at radius 1 is 1.67 bits per heavy atom. The minimum Gasteiger partial charge on any atom is -0.467 e. The molecule has 3 N–H and O–H groups in total. The summed E-state index contributed by atoms with van der Waals surface area (Å²) < 4.78 is 5.20. The van der Waals surface area contributed by atoms with E-state index in [9.17, 15) is 4.79 Å². The number of nitrogens with two attached hydrogens (primary N) is 1. The van der Waals surface area contributed by atoms with Crippen molar-refractivity contribution in [1.82, 2.24) is 5.32 Å². The van der Waals surface area contributed by atoms with Gasteiger partial charge in [-0.05, 0) is 38.3 Å². The first-order chi connectivity index (χ1) is 7.12. The first kappa shape index (κ1) is 10.2. The second-order valence-electron chi connectivity index (χ2n) is 4.22. The average Bonchev–Trinajstić information content (AvgIpc) is 2.66. The van der Waals surface area contributed by atoms with Gasteiger partial charge in [-0.2, -0.15) is 0 Å². The van der Waals surface area contributed by atoms with E-state index in [0.717, 1.165) is 25.0 Å². The van der Waals surface area contributed by atoms with Gasteiger partial charge in [0.25, 0.3) is 0 Å². The highest BCUT2D eigenvalue weighted by Gasteiger charge is 2.40. The van der Waals surface area contributed by atoms with Crippen molar-refractivity contribution in [3.05, 3.63) is 24.2 Å². The number of carbonyl (C=O) groups excluding carboxylic acids is 1. The molecule has 1 aliphatic rings. The molecule has 0 aromatic carbocycles. The van der Waals surface area contributed by atoms with Gasteiger partial charge in [-0.3, -0.25) is 4.79 Å². The molecule has 2 rings (SSSR count). The van der Waals surface area contributed by atoms with Crippen LogP contribution in [-0.2, 0) is 4.79 Å². The van der Waals surface area contributed by atoms with Crippen molar-refractivity contribution in [1.29, 1.82) is 0 Å². The van der Waals surface area contributed by atoms with Crippen LogP contribution in [0.1, 0.15) is 38.0 Å². The third-order valence-electron chi connectivity index (χ3n) is 3.02. The van der Waals surface area contributed by atoms with Gasteiger partial charge in [0.1, 0.15) is 5.76 Å². The van der Waals surface area contributed by atoms with Crippen LogP contribution >= 0.6 is 0 Å². The number of furan rings is 1. The van der Waals surface area contributed by atoms with Gasteiger partial charge in [0.05, 0.1) is 17.8 Å². The third-order valence-corrected chi connectivity index (χ3v) is 3.02. The highest BCUT2D eigenvalue weighted by molar-refractivity contribution is 5.87. The molecule has 15 heavy (non-hydrogen) atoms. The van der Waals surface area contributed by atoms with E-state index in [1.165, 1.54) is 0 Å². The molecule has 1 aromatic rings. The van der Waals surface area contributed by atoms with Crippen LogP contribution in [0, 0.1) is 0 Å². The Hall–Kier alpha value is -1.29. The van der Waals surface area contributed by atoms with E-state index in [1.807, 2.05) is 13.0 Å². The summed E-state index contributed by atoms with van der Waals surface area (Å²) in [5.74, 6) is 0.684. The number of nitrogens with one attached hydrogen (secondary N) is 1. The Labute approximate surface area is 88.8 Å². The molecule has 1 fully saturated rings. The molecule has 4 heteroatoms. The number of carbonyl (C=O) groups is 1. The number of amides is 1. The van der Waals surface area contributed by atoms with Crippen molar-refractivity contribution in [2.45, 2.75) is 37.8 Å². The third kappa shape index (κ3) is 1.90. The lowest BCUT2D eigenvalue weighted by Crippen LogP contribution is -2.58. The standard InChI is InChI=1S/C11H16N2O2/c1-8(9-4-2-7-15-9)13-10(14)11(12)5-3-6-11/h2,4,7-8H,3,5-6,12H2,1H3,(H,13,14)/t8-/m0/s1. The van der Waals surface area contributed by atoms with Crippen molar-refractivity contribution in [3.63, 3.8) is 0 Å². The first-order valence-electron chi connectivity index (χ1n) is 5.25. The molecule has 1 aliphatic carbocycles. The minimum atomic E-state index is -0.638. The molecule has 0 radical (unpaired) electrons. The summed E-state index contributed by atoms with van der Waals surface area (Å²) in [4.78, 5) is 11.8. The second kappa shape index (κ2) is 3.70. The van der Waals surface area contributed by atoms with Crippen LogP contribution in [0.5, 0.6) is 0 Å². The Kier molecular flexibility index (Phi) is 2.52. The van der Waals surface area contributed by atoms with Gasteiger partial charge >= 0.3 is 0 Å². The molecule has 0 unspecified atom stereocenters. The number of hydrogen-bond acceptors (Lipinski definition) is 3. The molecule has 1 heterocycles. The molecule has 0 saturated heterocycles. The van der Waals surface area contributed by atoms with Crippen LogP contribution in [-0.4, -0.2) is 11.4 Å². The van der Waals surface area contributed by atoms with Gasteiger partial charge in [0.15, 0.2) is 0 Å². The maximum atomic E-state index is 11.8. The van der Waals surface area contributed by atoms with Crippen LogP contribution in [0.2, 0.25) is 0 Å². The van der Waals surface area contributed by atoms with Gasteiger partial charge in [0.2, 0.25) is 5.91 Å². The van der Waals surface area contributed by atoms with Crippen LogP contribution in [0.3, 0.4) is 0 Å². The fourth-order valence-electron chi connectivity index (χ4n) is 1.73. The van der Waals surface area contributed by atoms with Crippen LogP contribution < -0.4 is 11.1 Å². The number of rotatable bonds is 3. The lowest BCUT2D eigenvalue weighted by molar-refractivity contribution is -0.130. The normalized spacial score (nSPS) is 20.4. The Balaban J connectivity index is 1.94. The monoisotopic (exact) mass is 208 g/mol. The SMILES string of the molecule is C[C@H](NC(=O)C1(N)CCC1)c1ccco1. The fourth-order valence-corrected chi connectivity index (χ4v) is 1.73. The zero-order valence-corrected chi connectivity index (χ0v) is 8.82. The van der Waals surface area contributed by atoms with E-state index >= 15 is 0 Å². The zero-order chi connectivity index (χ0) is 10.9. The summed E-state index contributed by atoms with van der Waals surface area (Å²) in [6.07, 6.45) is 4.20. The molecule has 0 bridgehead atoms. The molecule has 1 saturated carbocycles. The Bertz CT molecular complexity index is 341. The molecule has 0 aliphatic heterocycles. The molecule has 82 valence electrons. The second-order valence-corrected chi connectivity index (χ2v) is 4.22.